The molecule has 0 amide bonds. The minimum atomic E-state index is -0.138. The van der Waals surface area contributed by atoms with Gasteiger partial charge < -0.3 is 9.47 Å². The van der Waals surface area contributed by atoms with Gasteiger partial charge >= 0.3 is 0 Å². The lowest BCUT2D eigenvalue weighted by Crippen LogP contribution is -2.18. The van der Waals surface area contributed by atoms with E-state index in [1.165, 1.54) is 11.1 Å². The van der Waals surface area contributed by atoms with Crippen molar-refractivity contribution in [3.8, 4) is 0 Å². The predicted octanol–water partition coefficient (Wildman–Crippen LogP) is 3.54. The Morgan fingerprint density at radius 1 is 1.12 bits per heavy atom. The number of hydrogen-bond acceptors (Lipinski definition) is 2. The zero-order chi connectivity index (χ0) is 12.9. The lowest BCUT2D eigenvalue weighted by molar-refractivity contribution is -0.118. The van der Waals surface area contributed by atoms with Crippen molar-refractivity contribution in [3.05, 3.63) is 35.4 Å². The molecule has 1 atom stereocenters. The Hall–Kier alpha value is -0.860. The number of rotatable bonds is 5. The summed E-state index contributed by atoms with van der Waals surface area (Å²) in [5, 5.41) is 0. The summed E-state index contributed by atoms with van der Waals surface area (Å²) >= 11 is 0. The summed E-state index contributed by atoms with van der Waals surface area (Å²) in [6.07, 6.45) is 0.662. The zero-order valence-electron chi connectivity index (χ0n) is 11.6. The van der Waals surface area contributed by atoms with E-state index in [9.17, 15) is 0 Å². The Bertz CT molecular complexity index is 322. The van der Waals surface area contributed by atoms with E-state index in [2.05, 4.69) is 45.0 Å². The highest BCUT2D eigenvalue weighted by Crippen LogP contribution is 2.22. The highest BCUT2D eigenvalue weighted by Gasteiger charge is 2.13. The van der Waals surface area contributed by atoms with Gasteiger partial charge in [-0.3, -0.25) is 0 Å². The molecule has 1 unspecified atom stereocenters. The molecule has 96 valence electrons. The normalized spacial score (nSPS) is 13.7. The van der Waals surface area contributed by atoms with Crippen LogP contribution in [0.4, 0.5) is 0 Å². The molecule has 0 aliphatic heterocycles. The highest BCUT2D eigenvalue weighted by atomic mass is 16.7. The van der Waals surface area contributed by atoms with Crippen LogP contribution in [0.2, 0.25) is 0 Å². The van der Waals surface area contributed by atoms with Gasteiger partial charge in [-0.1, -0.05) is 45.0 Å². The van der Waals surface area contributed by atoms with Crippen molar-refractivity contribution in [1.29, 1.82) is 0 Å². The summed E-state index contributed by atoms with van der Waals surface area (Å²) in [5.74, 6) is 0. The Labute approximate surface area is 105 Å². The molecule has 1 aromatic carbocycles. The average Bonchev–Trinajstić information content (AvgIpc) is 2.28. The van der Waals surface area contributed by atoms with Gasteiger partial charge in [0.2, 0.25) is 0 Å². The van der Waals surface area contributed by atoms with Crippen LogP contribution in [0.15, 0.2) is 24.3 Å². The minimum Gasteiger partial charge on any atom is -0.356 e. The molecule has 0 saturated carbocycles. The minimum absolute atomic E-state index is 0.138. The van der Waals surface area contributed by atoms with E-state index in [0.29, 0.717) is 6.61 Å². The van der Waals surface area contributed by atoms with Crippen LogP contribution >= 0.6 is 0 Å². The number of benzene rings is 1. The maximum absolute atomic E-state index is 5.47. The van der Waals surface area contributed by atoms with Crippen molar-refractivity contribution in [2.75, 3.05) is 13.7 Å². The summed E-state index contributed by atoms with van der Waals surface area (Å²) in [6.45, 7) is 9.33. The first kappa shape index (κ1) is 14.2. The standard InChI is InChI=1S/C15H24O2/c1-6-17-14(16-5)11-12-7-9-13(10-8-12)15(2,3)4/h7-10,14H,6,11H2,1-5H3. The molecule has 0 heterocycles. The highest BCUT2D eigenvalue weighted by molar-refractivity contribution is 5.27. The van der Waals surface area contributed by atoms with Crippen molar-refractivity contribution >= 4 is 0 Å². The molecular formula is C15H24O2. The van der Waals surface area contributed by atoms with E-state index in [1.807, 2.05) is 6.92 Å². The van der Waals surface area contributed by atoms with Gasteiger partial charge in [0.1, 0.15) is 0 Å². The molecule has 0 spiro atoms. The van der Waals surface area contributed by atoms with E-state index < -0.39 is 0 Å². The molecule has 1 rings (SSSR count). The molecule has 1 aromatic rings. The zero-order valence-corrected chi connectivity index (χ0v) is 11.6. The Balaban J connectivity index is 2.68. The molecule has 0 bridgehead atoms. The second-order valence-electron chi connectivity index (χ2n) is 5.27. The maximum atomic E-state index is 5.47. The number of hydrogen-bond donors (Lipinski definition) is 0. The van der Waals surface area contributed by atoms with Crippen molar-refractivity contribution in [2.24, 2.45) is 0 Å². The molecule has 0 aromatic heterocycles. The first-order valence-corrected chi connectivity index (χ1v) is 6.21. The van der Waals surface area contributed by atoms with E-state index >= 15 is 0 Å². The van der Waals surface area contributed by atoms with Crippen molar-refractivity contribution in [3.63, 3.8) is 0 Å². The second kappa shape index (κ2) is 6.18. The molecule has 2 nitrogen and oxygen atoms in total. The fourth-order valence-electron chi connectivity index (χ4n) is 1.73. The summed E-state index contributed by atoms with van der Waals surface area (Å²) in [7, 11) is 1.68. The third-order valence-corrected chi connectivity index (χ3v) is 2.84. The predicted molar refractivity (Wildman–Crippen MR) is 71.3 cm³/mol. The SMILES string of the molecule is CCOC(Cc1ccc(C(C)(C)C)cc1)OC. The molecule has 2 heteroatoms. The average molecular weight is 236 g/mol. The molecule has 0 N–H and O–H groups in total. The first-order chi connectivity index (χ1) is 7.97. The van der Waals surface area contributed by atoms with Crippen LogP contribution in [-0.4, -0.2) is 20.0 Å². The smallest absolute Gasteiger partial charge is 0.161 e. The molecule has 17 heavy (non-hydrogen) atoms. The number of methoxy groups -OCH3 is 1. The van der Waals surface area contributed by atoms with Gasteiger partial charge in [0.25, 0.3) is 0 Å². The third-order valence-electron chi connectivity index (χ3n) is 2.84. The van der Waals surface area contributed by atoms with Gasteiger partial charge in [-0.25, -0.2) is 0 Å². The third kappa shape index (κ3) is 4.49. The molecule has 0 saturated heterocycles. The summed E-state index contributed by atoms with van der Waals surface area (Å²) in [5.41, 5.74) is 2.81. The number of ether oxygens (including phenoxy) is 2. The van der Waals surface area contributed by atoms with Crippen molar-refractivity contribution in [2.45, 2.75) is 45.8 Å². The Kier molecular flexibility index (Phi) is 5.16. The van der Waals surface area contributed by atoms with Gasteiger partial charge in [0.15, 0.2) is 6.29 Å². The molecule has 0 aliphatic rings. The van der Waals surface area contributed by atoms with E-state index in [-0.39, 0.29) is 11.7 Å². The van der Waals surface area contributed by atoms with Crippen LogP contribution in [0.3, 0.4) is 0 Å². The molecular weight excluding hydrogens is 212 g/mol. The van der Waals surface area contributed by atoms with Crippen molar-refractivity contribution < 1.29 is 9.47 Å². The van der Waals surface area contributed by atoms with E-state index in [1.54, 1.807) is 7.11 Å². The van der Waals surface area contributed by atoms with Gasteiger partial charge in [-0.2, -0.15) is 0 Å². The van der Waals surface area contributed by atoms with Crippen LogP contribution < -0.4 is 0 Å². The fourth-order valence-corrected chi connectivity index (χ4v) is 1.73. The topological polar surface area (TPSA) is 18.5 Å². The van der Waals surface area contributed by atoms with Crippen LogP contribution in [0.5, 0.6) is 0 Å². The molecule has 0 fully saturated rings. The van der Waals surface area contributed by atoms with Crippen LogP contribution in [0, 0.1) is 0 Å². The molecule has 0 aliphatic carbocycles. The summed E-state index contributed by atoms with van der Waals surface area (Å²) in [4.78, 5) is 0. The van der Waals surface area contributed by atoms with Gasteiger partial charge in [-0.15, -0.1) is 0 Å². The summed E-state index contributed by atoms with van der Waals surface area (Å²) < 4.78 is 10.7. The lowest BCUT2D eigenvalue weighted by atomic mass is 9.86. The van der Waals surface area contributed by atoms with Crippen molar-refractivity contribution in [1.82, 2.24) is 0 Å². The van der Waals surface area contributed by atoms with Gasteiger partial charge in [0, 0.05) is 20.1 Å². The lowest BCUT2D eigenvalue weighted by Gasteiger charge is -2.20. The van der Waals surface area contributed by atoms with Gasteiger partial charge in [0.05, 0.1) is 0 Å². The first-order valence-electron chi connectivity index (χ1n) is 6.21. The van der Waals surface area contributed by atoms with E-state index in [0.717, 1.165) is 6.42 Å². The molecule has 0 radical (unpaired) electrons. The van der Waals surface area contributed by atoms with Gasteiger partial charge in [-0.05, 0) is 23.5 Å². The largest absolute Gasteiger partial charge is 0.356 e. The van der Waals surface area contributed by atoms with Crippen LogP contribution in [0.25, 0.3) is 0 Å². The maximum Gasteiger partial charge on any atom is 0.161 e. The van der Waals surface area contributed by atoms with E-state index in [4.69, 9.17) is 9.47 Å². The fraction of sp³-hybridized carbons (Fsp3) is 0.600. The Morgan fingerprint density at radius 2 is 1.71 bits per heavy atom. The van der Waals surface area contributed by atoms with Crippen LogP contribution in [0.1, 0.15) is 38.8 Å². The second-order valence-corrected chi connectivity index (χ2v) is 5.27. The summed E-state index contributed by atoms with van der Waals surface area (Å²) in [6, 6.07) is 8.69. The monoisotopic (exact) mass is 236 g/mol. The van der Waals surface area contributed by atoms with Crippen LogP contribution in [-0.2, 0) is 21.3 Å². The quantitative estimate of drug-likeness (QED) is 0.728. The Morgan fingerprint density at radius 3 is 2.12 bits per heavy atom.